The molecule has 0 bridgehead atoms. The Hall–Kier alpha value is -2.91. The van der Waals surface area contributed by atoms with Gasteiger partial charge in [-0.3, -0.25) is 14.6 Å². The number of nitrogens with one attached hydrogen (secondary N) is 1. The molecule has 2 aromatic heterocycles. The number of likely N-dealkylation sites (tertiary alicyclic amines) is 1. The molecule has 3 atom stereocenters. The number of pyridine rings is 1. The highest BCUT2D eigenvalue weighted by Gasteiger charge is 2.40. The van der Waals surface area contributed by atoms with Crippen LogP contribution in [-0.4, -0.2) is 52.5 Å². The van der Waals surface area contributed by atoms with E-state index in [9.17, 15) is 14.0 Å². The van der Waals surface area contributed by atoms with Crippen LogP contribution in [0.3, 0.4) is 0 Å². The van der Waals surface area contributed by atoms with Gasteiger partial charge in [0.1, 0.15) is 16.9 Å². The van der Waals surface area contributed by atoms with E-state index in [-0.39, 0.29) is 35.5 Å². The lowest BCUT2D eigenvalue weighted by Gasteiger charge is -2.35. The smallest absolute Gasteiger partial charge is 0.246 e. The van der Waals surface area contributed by atoms with Crippen molar-refractivity contribution >= 4 is 34.1 Å². The Balaban J connectivity index is 1.42. The SMILES string of the molecule is CC[C@@H](C)C(=O)N[C@H](C(=O)N1CCC[C@H]1c1nc(-c2cc(C)nc3ccc(F)cc23)cs1)C1CCOCC1. The van der Waals surface area contributed by atoms with Gasteiger partial charge in [0.05, 0.1) is 17.3 Å². The highest BCUT2D eigenvalue weighted by Crippen LogP contribution is 2.38. The van der Waals surface area contributed by atoms with Crippen LogP contribution in [0.25, 0.3) is 22.2 Å². The van der Waals surface area contributed by atoms with Crippen molar-refractivity contribution in [2.24, 2.45) is 11.8 Å². The van der Waals surface area contributed by atoms with E-state index in [1.165, 1.54) is 23.5 Å². The molecule has 7 nitrogen and oxygen atoms in total. The maximum atomic E-state index is 14.1. The maximum absolute atomic E-state index is 14.1. The number of fused-ring (bicyclic) bond motifs is 1. The number of halogens is 1. The summed E-state index contributed by atoms with van der Waals surface area (Å²) in [5, 5.41) is 6.67. The van der Waals surface area contributed by atoms with Crippen LogP contribution in [0.1, 0.15) is 62.7 Å². The fourth-order valence-corrected chi connectivity index (χ4v) is 6.45. The molecular weight excluding hydrogens is 503 g/mol. The first-order valence-electron chi connectivity index (χ1n) is 13.6. The highest BCUT2D eigenvalue weighted by atomic mass is 32.1. The topological polar surface area (TPSA) is 84.4 Å². The summed E-state index contributed by atoms with van der Waals surface area (Å²) in [5.74, 6) is -0.509. The van der Waals surface area contributed by atoms with Crippen molar-refractivity contribution in [3.63, 3.8) is 0 Å². The minimum atomic E-state index is -0.560. The van der Waals surface area contributed by atoms with Crippen molar-refractivity contribution in [2.45, 2.75) is 65.0 Å². The zero-order valence-corrected chi connectivity index (χ0v) is 23.0. The predicted molar refractivity (Wildman–Crippen MR) is 146 cm³/mol. The van der Waals surface area contributed by atoms with Gasteiger partial charge in [-0.25, -0.2) is 9.37 Å². The van der Waals surface area contributed by atoms with Gasteiger partial charge in [-0.1, -0.05) is 13.8 Å². The van der Waals surface area contributed by atoms with Crippen LogP contribution in [0.2, 0.25) is 0 Å². The number of hydrogen-bond acceptors (Lipinski definition) is 6. The lowest BCUT2D eigenvalue weighted by Crippen LogP contribution is -2.54. The highest BCUT2D eigenvalue weighted by molar-refractivity contribution is 7.10. The number of rotatable bonds is 7. The molecule has 2 aliphatic rings. The van der Waals surface area contributed by atoms with E-state index >= 15 is 0 Å². The van der Waals surface area contributed by atoms with Gasteiger partial charge >= 0.3 is 0 Å². The zero-order valence-electron chi connectivity index (χ0n) is 22.2. The molecule has 38 heavy (non-hydrogen) atoms. The molecule has 2 fully saturated rings. The Morgan fingerprint density at radius 3 is 2.76 bits per heavy atom. The van der Waals surface area contributed by atoms with E-state index in [2.05, 4.69) is 10.3 Å². The van der Waals surface area contributed by atoms with Gasteiger partial charge in [0, 0.05) is 47.7 Å². The second kappa shape index (κ2) is 11.5. The number of aromatic nitrogens is 2. The molecule has 0 aliphatic carbocycles. The molecular formula is C29H35FN4O3S. The molecule has 0 unspecified atom stereocenters. The summed E-state index contributed by atoms with van der Waals surface area (Å²) < 4.78 is 19.6. The van der Waals surface area contributed by atoms with Crippen LogP contribution in [0, 0.1) is 24.6 Å². The molecule has 2 aliphatic heterocycles. The zero-order chi connectivity index (χ0) is 26.8. The summed E-state index contributed by atoms with van der Waals surface area (Å²) in [6.45, 7) is 7.64. The first-order chi connectivity index (χ1) is 18.4. The van der Waals surface area contributed by atoms with Crippen molar-refractivity contribution in [1.82, 2.24) is 20.2 Å². The van der Waals surface area contributed by atoms with Crippen molar-refractivity contribution in [3.8, 4) is 11.3 Å². The molecule has 5 rings (SSSR count). The Bertz CT molecular complexity index is 1320. The van der Waals surface area contributed by atoms with Crippen LogP contribution in [0.5, 0.6) is 0 Å². The third-order valence-corrected chi connectivity index (χ3v) is 8.82. The van der Waals surface area contributed by atoms with Crippen molar-refractivity contribution < 1.29 is 18.7 Å². The van der Waals surface area contributed by atoms with Crippen molar-refractivity contribution in [2.75, 3.05) is 19.8 Å². The van der Waals surface area contributed by atoms with Gasteiger partial charge in [-0.15, -0.1) is 11.3 Å². The first kappa shape index (κ1) is 26.7. The number of thiazole rings is 1. The predicted octanol–water partition coefficient (Wildman–Crippen LogP) is 5.43. The third-order valence-electron chi connectivity index (χ3n) is 7.88. The Labute approximate surface area is 226 Å². The number of hydrogen-bond donors (Lipinski definition) is 1. The van der Waals surface area contributed by atoms with Crippen LogP contribution >= 0.6 is 11.3 Å². The van der Waals surface area contributed by atoms with Crippen molar-refractivity contribution in [1.29, 1.82) is 0 Å². The molecule has 202 valence electrons. The van der Waals surface area contributed by atoms with E-state index in [1.807, 2.05) is 37.1 Å². The standard InChI is InChI=1S/C29H35FN4O3S/c1-4-17(2)27(35)33-26(19-9-12-37-13-10-19)29(36)34-11-5-6-25(34)28-32-24(16-38-28)21-14-18(3)31-23-8-7-20(30)15-22(21)23/h7-8,14-17,19,25-26H,4-6,9-13H2,1-3H3,(H,33,35)/t17-,25+,26+/m1/s1. The van der Waals surface area contributed by atoms with Crippen LogP contribution in [0.4, 0.5) is 4.39 Å². The van der Waals surface area contributed by atoms with Crippen molar-refractivity contribution in [3.05, 3.63) is 46.2 Å². The number of carbonyl (C=O) groups excluding carboxylic acids is 2. The molecule has 2 saturated heterocycles. The molecule has 1 N–H and O–H groups in total. The van der Waals surface area contributed by atoms with E-state index in [4.69, 9.17) is 9.72 Å². The fourth-order valence-electron chi connectivity index (χ4n) is 5.48. The van der Waals surface area contributed by atoms with E-state index < -0.39 is 6.04 Å². The maximum Gasteiger partial charge on any atom is 0.246 e. The molecule has 3 aromatic rings. The fraction of sp³-hybridized carbons (Fsp3) is 0.517. The molecule has 0 spiro atoms. The second-order valence-corrected chi connectivity index (χ2v) is 11.4. The summed E-state index contributed by atoms with van der Waals surface area (Å²) in [5.41, 5.74) is 3.16. The van der Waals surface area contributed by atoms with Crippen LogP contribution in [0.15, 0.2) is 29.6 Å². The number of carbonyl (C=O) groups is 2. The van der Waals surface area contributed by atoms with E-state index in [0.29, 0.717) is 19.8 Å². The average Bonchev–Trinajstić information content (AvgIpc) is 3.61. The van der Waals surface area contributed by atoms with E-state index in [1.54, 1.807) is 6.07 Å². The monoisotopic (exact) mass is 538 g/mol. The lowest BCUT2D eigenvalue weighted by molar-refractivity contribution is -0.140. The Kier molecular flexibility index (Phi) is 8.04. The first-order valence-corrected chi connectivity index (χ1v) is 14.4. The molecule has 2 amide bonds. The van der Waals surface area contributed by atoms with E-state index in [0.717, 1.165) is 65.0 Å². The van der Waals surface area contributed by atoms with Gasteiger partial charge in [0.2, 0.25) is 11.8 Å². The molecule has 9 heteroatoms. The minimum Gasteiger partial charge on any atom is -0.381 e. The summed E-state index contributed by atoms with van der Waals surface area (Å²) in [6.07, 6.45) is 3.93. The van der Waals surface area contributed by atoms with Crippen LogP contribution < -0.4 is 5.32 Å². The summed E-state index contributed by atoms with van der Waals surface area (Å²) in [7, 11) is 0. The quantitative estimate of drug-likeness (QED) is 0.434. The largest absolute Gasteiger partial charge is 0.381 e. The average molecular weight is 539 g/mol. The minimum absolute atomic E-state index is 0.0277. The lowest BCUT2D eigenvalue weighted by atomic mass is 9.90. The van der Waals surface area contributed by atoms with Gasteiger partial charge < -0.3 is 15.0 Å². The number of benzene rings is 1. The van der Waals surface area contributed by atoms with Gasteiger partial charge in [0.25, 0.3) is 0 Å². The third kappa shape index (κ3) is 5.45. The summed E-state index contributed by atoms with van der Waals surface area (Å²) in [4.78, 5) is 38.3. The molecule has 0 radical (unpaired) electrons. The number of aryl methyl sites for hydroxylation is 1. The second-order valence-electron chi connectivity index (χ2n) is 10.5. The molecule has 4 heterocycles. The summed E-state index contributed by atoms with van der Waals surface area (Å²) >= 11 is 1.52. The van der Waals surface area contributed by atoms with Gasteiger partial charge in [-0.2, -0.15) is 0 Å². The number of ether oxygens (including phenoxy) is 1. The normalized spacial score (nSPS) is 20.0. The van der Waals surface area contributed by atoms with Gasteiger partial charge in [-0.05, 0) is 69.2 Å². The van der Waals surface area contributed by atoms with Gasteiger partial charge in [0.15, 0.2) is 0 Å². The Morgan fingerprint density at radius 2 is 2.00 bits per heavy atom. The number of nitrogens with zero attached hydrogens (tertiary/aromatic N) is 3. The number of amides is 2. The summed E-state index contributed by atoms with van der Waals surface area (Å²) in [6, 6.07) is 5.84. The molecule has 0 saturated carbocycles. The Morgan fingerprint density at radius 1 is 1.21 bits per heavy atom. The molecule has 1 aromatic carbocycles. The van der Waals surface area contributed by atoms with Crippen LogP contribution in [-0.2, 0) is 14.3 Å².